The van der Waals surface area contributed by atoms with Crippen molar-refractivity contribution >= 4 is 21.8 Å². The average Bonchev–Trinajstić information content (AvgIpc) is 2.15. The molecular formula is C10H13BrFN3O. The SMILES string of the molecule is CN(CC(N)=NO)Cc1cc(F)cc(Br)c1. The molecule has 4 nitrogen and oxygen atoms in total. The van der Waals surface area contributed by atoms with E-state index in [0.717, 1.165) is 5.56 Å². The van der Waals surface area contributed by atoms with E-state index in [1.165, 1.54) is 12.1 Å². The summed E-state index contributed by atoms with van der Waals surface area (Å²) in [7, 11) is 1.80. The summed E-state index contributed by atoms with van der Waals surface area (Å²) in [5.41, 5.74) is 6.18. The molecule has 0 aliphatic carbocycles. The molecule has 0 saturated heterocycles. The summed E-state index contributed by atoms with van der Waals surface area (Å²) < 4.78 is 13.8. The van der Waals surface area contributed by atoms with Crippen LogP contribution in [-0.2, 0) is 6.54 Å². The molecule has 1 aromatic carbocycles. The summed E-state index contributed by atoms with van der Waals surface area (Å²) in [5.74, 6) is -0.167. The average molecular weight is 290 g/mol. The molecule has 0 fully saturated rings. The summed E-state index contributed by atoms with van der Waals surface area (Å²) >= 11 is 3.22. The first-order chi connectivity index (χ1) is 7.51. The monoisotopic (exact) mass is 289 g/mol. The van der Waals surface area contributed by atoms with Gasteiger partial charge in [-0.05, 0) is 30.8 Å². The van der Waals surface area contributed by atoms with Crippen LogP contribution in [0.3, 0.4) is 0 Å². The number of nitrogens with two attached hydrogens (primary N) is 1. The van der Waals surface area contributed by atoms with Gasteiger partial charge in [0.1, 0.15) is 5.82 Å². The molecule has 6 heteroatoms. The Morgan fingerprint density at radius 1 is 1.56 bits per heavy atom. The topological polar surface area (TPSA) is 61.8 Å². The maximum atomic E-state index is 13.1. The van der Waals surface area contributed by atoms with Crippen molar-refractivity contribution in [2.45, 2.75) is 6.54 Å². The van der Waals surface area contributed by atoms with Crippen LogP contribution in [0, 0.1) is 5.82 Å². The Morgan fingerprint density at radius 2 is 2.25 bits per heavy atom. The lowest BCUT2D eigenvalue weighted by Gasteiger charge is -2.15. The zero-order valence-corrected chi connectivity index (χ0v) is 10.4. The fourth-order valence-corrected chi connectivity index (χ4v) is 1.89. The Kier molecular flexibility index (Phi) is 4.70. The minimum atomic E-state index is -0.290. The van der Waals surface area contributed by atoms with Gasteiger partial charge in [-0.1, -0.05) is 21.1 Å². The standard InChI is InChI=1S/C10H13BrFN3O/c1-15(6-10(13)14-16)5-7-2-8(11)4-9(12)3-7/h2-4,16H,5-6H2,1H3,(H2,13,14). The molecule has 0 aliphatic rings. The molecule has 0 heterocycles. The third kappa shape index (κ3) is 4.16. The third-order valence-electron chi connectivity index (χ3n) is 1.94. The van der Waals surface area contributed by atoms with Gasteiger partial charge in [0.05, 0.1) is 6.54 Å². The third-order valence-corrected chi connectivity index (χ3v) is 2.39. The molecule has 3 N–H and O–H groups in total. The Morgan fingerprint density at radius 3 is 2.81 bits per heavy atom. The number of amidine groups is 1. The summed E-state index contributed by atoms with van der Waals surface area (Å²) in [4.78, 5) is 1.82. The van der Waals surface area contributed by atoms with Gasteiger partial charge in [0, 0.05) is 11.0 Å². The number of nitrogens with zero attached hydrogens (tertiary/aromatic N) is 2. The van der Waals surface area contributed by atoms with E-state index in [9.17, 15) is 4.39 Å². The van der Waals surface area contributed by atoms with Gasteiger partial charge in [-0.2, -0.15) is 0 Å². The van der Waals surface area contributed by atoms with E-state index in [4.69, 9.17) is 10.9 Å². The number of halogens is 2. The largest absolute Gasteiger partial charge is 0.409 e. The Bertz CT molecular complexity index is 377. The number of hydrogen-bond acceptors (Lipinski definition) is 3. The smallest absolute Gasteiger partial charge is 0.153 e. The zero-order chi connectivity index (χ0) is 12.1. The summed E-state index contributed by atoms with van der Waals surface area (Å²) in [5, 5.41) is 11.3. The first kappa shape index (κ1) is 12.9. The predicted octanol–water partition coefficient (Wildman–Crippen LogP) is 1.77. The molecule has 0 spiro atoms. The van der Waals surface area contributed by atoms with E-state index in [1.807, 2.05) is 11.0 Å². The lowest BCUT2D eigenvalue weighted by molar-refractivity contribution is 0.308. The van der Waals surface area contributed by atoms with E-state index in [1.54, 1.807) is 7.05 Å². The van der Waals surface area contributed by atoms with Crippen LogP contribution in [0.2, 0.25) is 0 Å². The lowest BCUT2D eigenvalue weighted by Crippen LogP contribution is -2.30. The molecule has 0 unspecified atom stereocenters. The highest BCUT2D eigenvalue weighted by Gasteiger charge is 2.05. The van der Waals surface area contributed by atoms with E-state index in [0.29, 0.717) is 17.6 Å². The van der Waals surface area contributed by atoms with Gasteiger partial charge in [0.25, 0.3) is 0 Å². The van der Waals surface area contributed by atoms with Crippen LogP contribution in [0.1, 0.15) is 5.56 Å². The Hall–Kier alpha value is -1.14. The van der Waals surface area contributed by atoms with E-state index in [2.05, 4.69) is 21.1 Å². The van der Waals surface area contributed by atoms with Crippen molar-refractivity contribution in [3.05, 3.63) is 34.1 Å². The van der Waals surface area contributed by atoms with Gasteiger partial charge in [0.2, 0.25) is 0 Å². The molecule has 0 radical (unpaired) electrons. The number of oxime groups is 1. The van der Waals surface area contributed by atoms with Crippen LogP contribution in [0.15, 0.2) is 27.8 Å². The zero-order valence-electron chi connectivity index (χ0n) is 8.82. The second kappa shape index (κ2) is 5.81. The molecule has 0 saturated carbocycles. The van der Waals surface area contributed by atoms with Gasteiger partial charge < -0.3 is 10.9 Å². The van der Waals surface area contributed by atoms with E-state index >= 15 is 0 Å². The first-order valence-corrected chi connectivity index (χ1v) is 5.40. The van der Waals surface area contributed by atoms with E-state index < -0.39 is 0 Å². The minimum Gasteiger partial charge on any atom is -0.409 e. The first-order valence-electron chi connectivity index (χ1n) is 4.61. The Labute approximate surface area is 102 Å². The van der Waals surface area contributed by atoms with Gasteiger partial charge >= 0.3 is 0 Å². The van der Waals surface area contributed by atoms with Crippen LogP contribution in [0.4, 0.5) is 4.39 Å². The molecule has 0 aromatic heterocycles. The summed E-state index contributed by atoms with van der Waals surface area (Å²) in [6.07, 6.45) is 0. The predicted molar refractivity (Wildman–Crippen MR) is 63.8 cm³/mol. The summed E-state index contributed by atoms with van der Waals surface area (Å²) in [6, 6.07) is 4.67. The molecule has 0 amide bonds. The van der Waals surface area contributed by atoms with Crippen molar-refractivity contribution in [3.8, 4) is 0 Å². The van der Waals surface area contributed by atoms with Gasteiger partial charge in [0.15, 0.2) is 5.84 Å². The molecule has 0 bridgehead atoms. The molecule has 1 aromatic rings. The highest BCUT2D eigenvalue weighted by Crippen LogP contribution is 2.15. The van der Waals surface area contributed by atoms with Gasteiger partial charge in [-0.15, -0.1) is 0 Å². The molecule has 0 atom stereocenters. The molecule has 1 rings (SSSR count). The molecular weight excluding hydrogens is 277 g/mol. The molecule has 16 heavy (non-hydrogen) atoms. The van der Waals surface area contributed by atoms with E-state index in [-0.39, 0.29) is 11.7 Å². The summed E-state index contributed by atoms with van der Waals surface area (Å²) in [6.45, 7) is 0.844. The number of rotatable bonds is 4. The second-order valence-electron chi connectivity index (χ2n) is 3.54. The van der Waals surface area contributed by atoms with Crippen LogP contribution < -0.4 is 5.73 Å². The quantitative estimate of drug-likeness (QED) is 0.384. The second-order valence-corrected chi connectivity index (χ2v) is 4.46. The molecule has 0 aliphatic heterocycles. The highest BCUT2D eigenvalue weighted by molar-refractivity contribution is 9.10. The fraction of sp³-hybridized carbons (Fsp3) is 0.300. The van der Waals surface area contributed by atoms with Gasteiger partial charge in [-0.3, -0.25) is 4.90 Å². The molecule has 88 valence electrons. The number of hydrogen-bond donors (Lipinski definition) is 2. The van der Waals surface area contributed by atoms with Crippen molar-refractivity contribution in [2.24, 2.45) is 10.9 Å². The van der Waals surface area contributed by atoms with Crippen molar-refractivity contribution in [2.75, 3.05) is 13.6 Å². The van der Waals surface area contributed by atoms with Crippen molar-refractivity contribution < 1.29 is 9.60 Å². The van der Waals surface area contributed by atoms with Crippen LogP contribution in [-0.4, -0.2) is 29.5 Å². The fourth-order valence-electron chi connectivity index (χ4n) is 1.38. The van der Waals surface area contributed by atoms with Crippen molar-refractivity contribution in [3.63, 3.8) is 0 Å². The van der Waals surface area contributed by atoms with Gasteiger partial charge in [-0.25, -0.2) is 4.39 Å². The van der Waals surface area contributed by atoms with Crippen LogP contribution in [0.5, 0.6) is 0 Å². The normalized spacial score (nSPS) is 12.1. The Balaban J connectivity index is 2.65. The maximum Gasteiger partial charge on any atom is 0.153 e. The van der Waals surface area contributed by atoms with Crippen LogP contribution in [0.25, 0.3) is 0 Å². The maximum absolute atomic E-state index is 13.1. The lowest BCUT2D eigenvalue weighted by atomic mass is 10.2. The highest BCUT2D eigenvalue weighted by atomic mass is 79.9. The van der Waals surface area contributed by atoms with Crippen molar-refractivity contribution in [1.82, 2.24) is 4.90 Å². The van der Waals surface area contributed by atoms with Crippen molar-refractivity contribution in [1.29, 1.82) is 0 Å². The minimum absolute atomic E-state index is 0.123. The number of likely N-dealkylation sites (N-methyl/N-ethyl adjacent to an activating group) is 1. The van der Waals surface area contributed by atoms with Crippen LogP contribution >= 0.6 is 15.9 Å². The number of benzene rings is 1.